The van der Waals surface area contributed by atoms with Gasteiger partial charge in [0.2, 0.25) is 0 Å². The highest BCUT2D eigenvalue weighted by molar-refractivity contribution is 5.89. The molecule has 0 aliphatic carbocycles. The molecule has 1 aromatic carbocycles. The first-order valence-corrected chi connectivity index (χ1v) is 6.89. The van der Waals surface area contributed by atoms with Crippen LogP contribution in [0.25, 0.3) is 0 Å². The summed E-state index contributed by atoms with van der Waals surface area (Å²) in [5, 5.41) is 3.23. The summed E-state index contributed by atoms with van der Waals surface area (Å²) in [6, 6.07) is 3.96. The number of nitrogens with one attached hydrogen (secondary N) is 2. The van der Waals surface area contributed by atoms with Crippen LogP contribution in [-0.2, 0) is 14.3 Å². The van der Waals surface area contributed by atoms with Crippen LogP contribution >= 0.6 is 0 Å². The third kappa shape index (κ3) is 4.49. The molecule has 0 saturated carbocycles. The molecule has 2 N–H and O–H groups in total. The van der Waals surface area contributed by atoms with Gasteiger partial charge in [-0.25, -0.2) is 14.0 Å². The van der Waals surface area contributed by atoms with Gasteiger partial charge in [-0.1, -0.05) is 6.07 Å². The summed E-state index contributed by atoms with van der Waals surface area (Å²) in [7, 11) is 0. The number of alkyl carbamates (subject to hydrolysis) is 1. The van der Waals surface area contributed by atoms with Crippen molar-refractivity contribution in [1.29, 1.82) is 0 Å². The molecule has 134 valence electrons. The van der Waals surface area contributed by atoms with Gasteiger partial charge >= 0.3 is 23.9 Å². The number of ether oxygens (including phenoxy) is 2. The molecule has 0 saturated heterocycles. The summed E-state index contributed by atoms with van der Waals surface area (Å²) in [6.07, 6.45) is -6.80. The molecule has 0 spiro atoms. The van der Waals surface area contributed by atoms with Crippen LogP contribution in [0.1, 0.15) is 13.8 Å². The number of anilines is 1. The zero-order valence-corrected chi connectivity index (χ0v) is 12.9. The summed E-state index contributed by atoms with van der Waals surface area (Å²) >= 11 is 0. The van der Waals surface area contributed by atoms with Crippen LogP contribution in [0.15, 0.2) is 24.3 Å². The minimum absolute atomic E-state index is 0.220. The van der Waals surface area contributed by atoms with E-state index >= 15 is 0 Å². The van der Waals surface area contributed by atoms with E-state index in [1.165, 1.54) is 19.2 Å². The lowest BCUT2D eigenvalue weighted by atomic mass is 10.1. The lowest BCUT2D eigenvalue weighted by molar-refractivity contribution is -0.205. The van der Waals surface area contributed by atoms with Crippen molar-refractivity contribution in [1.82, 2.24) is 5.32 Å². The lowest BCUT2D eigenvalue weighted by Crippen LogP contribution is -2.69. The maximum atomic E-state index is 13.6. The number of benzene rings is 1. The fraction of sp³-hybridized carbons (Fsp3) is 0.429. The van der Waals surface area contributed by atoms with Gasteiger partial charge in [0.05, 0.1) is 13.2 Å². The van der Waals surface area contributed by atoms with Crippen LogP contribution in [0.5, 0.6) is 0 Å². The van der Waals surface area contributed by atoms with Crippen molar-refractivity contribution in [2.24, 2.45) is 0 Å². The molecule has 0 aliphatic heterocycles. The van der Waals surface area contributed by atoms with E-state index in [1.54, 1.807) is 5.32 Å². The molecule has 6 nitrogen and oxygen atoms in total. The largest absolute Gasteiger partial charge is 0.463 e. The Hall–Kier alpha value is -2.52. The monoisotopic (exact) mass is 352 g/mol. The highest BCUT2D eigenvalue weighted by atomic mass is 19.4. The summed E-state index contributed by atoms with van der Waals surface area (Å²) in [4.78, 5) is 23.5. The third-order valence-electron chi connectivity index (χ3n) is 2.73. The fourth-order valence-electron chi connectivity index (χ4n) is 1.73. The number of hydrogen-bond donors (Lipinski definition) is 2. The number of halogens is 4. The first-order chi connectivity index (χ1) is 11.2. The molecule has 1 amide bonds. The Morgan fingerprint density at radius 2 is 1.75 bits per heavy atom. The second-order valence-electron chi connectivity index (χ2n) is 4.45. The topological polar surface area (TPSA) is 76.7 Å². The second kappa shape index (κ2) is 7.84. The summed E-state index contributed by atoms with van der Waals surface area (Å²) in [5.41, 5.74) is -4.03. The van der Waals surface area contributed by atoms with Crippen molar-refractivity contribution in [3.63, 3.8) is 0 Å². The van der Waals surface area contributed by atoms with Crippen LogP contribution in [0.3, 0.4) is 0 Å². The molecular formula is C14H16F4N2O4. The Balaban J connectivity index is 3.33. The lowest BCUT2D eigenvalue weighted by Gasteiger charge is -2.34. The van der Waals surface area contributed by atoms with Gasteiger partial charge in [0, 0.05) is 5.69 Å². The van der Waals surface area contributed by atoms with E-state index in [4.69, 9.17) is 0 Å². The van der Waals surface area contributed by atoms with Gasteiger partial charge in [-0.05, 0) is 32.0 Å². The molecular weight excluding hydrogens is 336 g/mol. The average Bonchev–Trinajstić information content (AvgIpc) is 2.45. The summed E-state index contributed by atoms with van der Waals surface area (Å²) in [5.74, 6) is -2.65. The number of rotatable bonds is 6. The molecule has 0 radical (unpaired) electrons. The standard InChI is InChI=1S/C14H16F4N2O4/c1-3-23-11(21)13(14(16,17)18,20-12(22)24-4-2)19-10-7-5-6-9(15)8-10/h5-8,19H,3-4H2,1-2H3,(H,20,22)/t13-/m1/s1. The zero-order chi connectivity index (χ0) is 18.4. The zero-order valence-electron chi connectivity index (χ0n) is 12.9. The number of alkyl halides is 3. The highest BCUT2D eigenvalue weighted by Crippen LogP contribution is 2.33. The Morgan fingerprint density at radius 3 is 2.25 bits per heavy atom. The molecule has 0 unspecified atom stereocenters. The van der Waals surface area contributed by atoms with E-state index in [-0.39, 0.29) is 13.2 Å². The quantitative estimate of drug-likeness (QED) is 0.468. The van der Waals surface area contributed by atoms with Gasteiger partial charge in [-0.15, -0.1) is 0 Å². The minimum Gasteiger partial charge on any atom is -0.463 e. The van der Waals surface area contributed by atoms with Gasteiger partial charge in [0.25, 0.3) is 0 Å². The van der Waals surface area contributed by atoms with E-state index in [9.17, 15) is 27.2 Å². The van der Waals surface area contributed by atoms with E-state index in [0.29, 0.717) is 0 Å². The predicted molar refractivity (Wildman–Crippen MR) is 75.6 cm³/mol. The van der Waals surface area contributed by atoms with Gasteiger partial charge in [-0.3, -0.25) is 5.32 Å². The van der Waals surface area contributed by atoms with Crippen LogP contribution in [0.4, 0.5) is 28.0 Å². The fourth-order valence-corrected chi connectivity index (χ4v) is 1.73. The SMILES string of the molecule is CCOC(=O)N[C@](Nc1cccc(F)c1)(C(=O)OCC)C(F)(F)F. The number of carbonyl (C=O) groups is 2. The summed E-state index contributed by atoms with van der Waals surface area (Å²) < 4.78 is 62.9. The molecule has 1 rings (SSSR count). The van der Waals surface area contributed by atoms with Crippen molar-refractivity contribution in [3.05, 3.63) is 30.1 Å². The van der Waals surface area contributed by atoms with Gasteiger partial charge in [-0.2, -0.15) is 13.2 Å². The molecule has 0 bridgehead atoms. The van der Waals surface area contributed by atoms with Crippen LogP contribution in [0.2, 0.25) is 0 Å². The van der Waals surface area contributed by atoms with E-state index in [2.05, 4.69) is 9.47 Å². The number of carbonyl (C=O) groups excluding carboxylic acids is 2. The molecule has 24 heavy (non-hydrogen) atoms. The van der Waals surface area contributed by atoms with Crippen molar-refractivity contribution >= 4 is 17.7 Å². The normalized spacial score (nSPS) is 13.6. The van der Waals surface area contributed by atoms with Crippen molar-refractivity contribution in [2.75, 3.05) is 18.5 Å². The molecule has 10 heteroatoms. The van der Waals surface area contributed by atoms with Crippen molar-refractivity contribution in [3.8, 4) is 0 Å². The molecule has 1 aromatic rings. The Labute approximate surface area is 135 Å². The minimum atomic E-state index is -5.31. The third-order valence-corrected chi connectivity index (χ3v) is 2.73. The van der Waals surface area contributed by atoms with Crippen LogP contribution in [0, 0.1) is 5.82 Å². The van der Waals surface area contributed by atoms with E-state index in [1.807, 2.05) is 0 Å². The highest BCUT2D eigenvalue weighted by Gasteiger charge is 2.64. The van der Waals surface area contributed by atoms with Crippen molar-refractivity contribution in [2.45, 2.75) is 25.7 Å². The van der Waals surface area contributed by atoms with E-state index < -0.39 is 35.4 Å². The molecule has 1 atom stereocenters. The molecule has 0 fully saturated rings. The number of amides is 1. The Morgan fingerprint density at radius 1 is 1.12 bits per heavy atom. The Bertz CT molecular complexity index is 594. The van der Waals surface area contributed by atoms with Crippen LogP contribution < -0.4 is 10.6 Å². The van der Waals surface area contributed by atoms with Gasteiger partial charge in [0.1, 0.15) is 5.82 Å². The predicted octanol–water partition coefficient (Wildman–Crippen LogP) is 2.81. The van der Waals surface area contributed by atoms with Crippen LogP contribution in [-0.4, -0.2) is 37.1 Å². The average molecular weight is 352 g/mol. The second-order valence-corrected chi connectivity index (χ2v) is 4.45. The number of esters is 1. The molecule has 0 aliphatic rings. The first-order valence-electron chi connectivity index (χ1n) is 6.89. The number of hydrogen-bond acceptors (Lipinski definition) is 5. The first kappa shape index (κ1) is 19.5. The smallest absolute Gasteiger partial charge is 0.442 e. The maximum Gasteiger partial charge on any atom is 0.442 e. The Kier molecular flexibility index (Phi) is 6.38. The molecule has 0 aromatic heterocycles. The van der Waals surface area contributed by atoms with Crippen molar-refractivity contribution < 1.29 is 36.6 Å². The van der Waals surface area contributed by atoms with Gasteiger partial charge < -0.3 is 14.8 Å². The van der Waals surface area contributed by atoms with Gasteiger partial charge in [0.15, 0.2) is 0 Å². The maximum absolute atomic E-state index is 13.6. The summed E-state index contributed by atoms with van der Waals surface area (Å²) in [6.45, 7) is 2.08. The van der Waals surface area contributed by atoms with E-state index in [0.717, 1.165) is 24.3 Å². The molecule has 0 heterocycles.